The number of nitrogens with two attached hydrogens (primary N) is 1. The molecule has 0 aliphatic heterocycles. The molecule has 6 heteroatoms. The second-order valence-electron chi connectivity index (χ2n) is 3.93. The Hall–Kier alpha value is -2.24. The van der Waals surface area contributed by atoms with Gasteiger partial charge >= 0.3 is 6.18 Å². The minimum atomic E-state index is -4.37. The van der Waals surface area contributed by atoms with E-state index in [9.17, 15) is 17.6 Å². The third-order valence-corrected chi connectivity index (χ3v) is 2.50. The van der Waals surface area contributed by atoms with E-state index < -0.39 is 17.6 Å². The summed E-state index contributed by atoms with van der Waals surface area (Å²) in [6.45, 7) is 0. The van der Waals surface area contributed by atoms with E-state index in [-0.39, 0.29) is 5.69 Å². The molecule has 0 spiro atoms. The van der Waals surface area contributed by atoms with Gasteiger partial charge in [-0.1, -0.05) is 0 Å². The monoisotopic (exact) mass is 270 g/mol. The number of halogens is 4. The van der Waals surface area contributed by atoms with Crippen molar-refractivity contribution in [2.75, 3.05) is 11.1 Å². The summed E-state index contributed by atoms with van der Waals surface area (Å²) in [5.41, 5.74) is 5.90. The van der Waals surface area contributed by atoms with Crippen molar-refractivity contribution in [3.8, 4) is 0 Å². The van der Waals surface area contributed by atoms with Gasteiger partial charge in [-0.3, -0.25) is 0 Å². The van der Waals surface area contributed by atoms with Crippen LogP contribution in [0, 0.1) is 5.82 Å². The van der Waals surface area contributed by atoms with Crippen molar-refractivity contribution < 1.29 is 17.6 Å². The number of hydrogen-bond acceptors (Lipinski definition) is 2. The van der Waals surface area contributed by atoms with Gasteiger partial charge in [0.25, 0.3) is 0 Å². The van der Waals surface area contributed by atoms with E-state index in [0.29, 0.717) is 11.4 Å². The van der Waals surface area contributed by atoms with E-state index in [4.69, 9.17) is 5.73 Å². The zero-order valence-corrected chi connectivity index (χ0v) is 9.63. The van der Waals surface area contributed by atoms with Gasteiger partial charge in [-0.25, -0.2) is 4.39 Å². The predicted molar refractivity (Wildman–Crippen MR) is 65.5 cm³/mol. The summed E-state index contributed by atoms with van der Waals surface area (Å²) in [6, 6.07) is 8.25. The average Bonchev–Trinajstić information content (AvgIpc) is 2.32. The highest BCUT2D eigenvalue weighted by Crippen LogP contribution is 2.31. The molecule has 0 aliphatic carbocycles. The van der Waals surface area contributed by atoms with Gasteiger partial charge in [-0.15, -0.1) is 0 Å². The molecule has 0 aromatic heterocycles. The smallest absolute Gasteiger partial charge is 0.397 e. The maximum absolute atomic E-state index is 12.8. The van der Waals surface area contributed by atoms with E-state index in [1.165, 1.54) is 24.3 Å². The Bertz CT molecular complexity index is 576. The van der Waals surface area contributed by atoms with Gasteiger partial charge in [0.1, 0.15) is 5.82 Å². The van der Waals surface area contributed by atoms with Crippen LogP contribution in [0.1, 0.15) is 5.56 Å². The first-order valence-electron chi connectivity index (χ1n) is 5.35. The number of anilines is 3. The van der Waals surface area contributed by atoms with Gasteiger partial charge in [-0.2, -0.15) is 13.2 Å². The molecule has 2 rings (SSSR count). The van der Waals surface area contributed by atoms with Crippen LogP contribution in [-0.4, -0.2) is 0 Å². The Labute approximate surface area is 106 Å². The van der Waals surface area contributed by atoms with Crippen molar-refractivity contribution in [2.45, 2.75) is 6.18 Å². The van der Waals surface area contributed by atoms with Crippen molar-refractivity contribution in [1.82, 2.24) is 0 Å². The largest absolute Gasteiger partial charge is 0.416 e. The second kappa shape index (κ2) is 4.79. The van der Waals surface area contributed by atoms with Crippen LogP contribution in [0.5, 0.6) is 0 Å². The normalized spacial score (nSPS) is 11.4. The molecular weight excluding hydrogens is 260 g/mol. The van der Waals surface area contributed by atoms with E-state index in [2.05, 4.69) is 5.32 Å². The van der Waals surface area contributed by atoms with Crippen LogP contribution in [0.4, 0.5) is 34.6 Å². The fraction of sp³-hybridized carbons (Fsp3) is 0.0769. The molecule has 3 N–H and O–H groups in total. The quantitative estimate of drug-likeness (QED) is 0.635. The van der Waals surface area contributed by atoms with Crippen molar-refractivity contribution in [3.63, 3.8) is 0 Å². The molecule has 2 aromatic carbocycles. The standard InChI is InChI=1S/C13H10F4N2/c14-9-3-6-12(11(18)7-9)19-10-4-1-8(2-5-10)13(15,16)17/h1-7,19H,18H2. The van der Waals surface area contributed by atoms with E-state index in [1.807, 2.05) is 0 Å². The van der Waals surface area contributed by atoms with Gasteiger partial charge < -0.3 is 11.1 Å². The lowest BCUT2D eigenvalue weighted by atomic mass is 10.2. The van der Waals surface area contributed by atoms with Crippen molar-refractivity contribution >= 4 is 17.1 Å². The van der Waals surface area contributed by atoms with Crippen LogP contribution in [0.15, 0.2) is 42.5 Å². The lowest BCUT2D eigenvalue weighted by molar-refractivity contribution is -0.137. The van der Waals surface area contributed by atoms with Crippen LogP contribution in [0.3, 0.4) is 0 Å². The SMILES string of the molecule is Nc1cc(F)ccc1Nc1ccc(C(F)(F)F)cc1. The number of hydrogen-bond donors (Lipinski definition) is 2. The Kier molecular flexibility index (Phi) is 3.33. The first-order valence-corrected chi connectivity index (χ1v) is 5.35. The van der Waals surface area contributed by atoms with Gasteiger partial charge in [0.15, 0.2) is 0 Å². The first kappa shape index (κ1) is 13.2. The molecule has 0 fully saturated rings. The summed E-state index contributed by atoms with van der Waals surface area (Å²) in [5.74, 6) is -0.476. The third kappa shape index (κ3) is 3.15. The highest BCUT2D eigenvalue weighted by Gasteiger charge is 2.29. The zero-order valence-electron chi connectivity index (χ0n) is 9.63. The molecule has 19 heavy (non-hydrogen) atoms. The third-order valence-electron chi connectivity index (χ3n) is 2.50. The maximum Gasteiger partial charge on any atom is 0.416 e. The number of alkyl halides is 3. The van der Waals surface area contributed by atoms with Crippen LogP contribution < -0.4 is 11.1 Å². The molecule has 0 unspecified atom stereocenters. The van der Waals surface area contributed by atoms with E-state index >= 15 is 0 Å². The Balaban J connectivity index is 2.20. The number of rotatable bonds is 2. The molecule has 2 aromatic rings. The minimum absolute atomic E-state index is 0.180. The fourth-order valence-corrected chi connectivity index (χ4v) is 1.55. The van der Waals surface area contributed by atoms with Gasteiger partial charge in [0, 0.05) is 5.69 Å². The molecule has 0 atom stereocenters. The Morgan fingerprint density at radius 3 is 2.11 bits per heavy atom. The van der Waals surface area contributed by atoms with E-state index in [1.54, 1.807) is 0 Å². The molecule has 0 heterocycles. The van der Waals surface area contributed by atoms with Crippen molar-refractivity contribution in [3.05, 3.63) is 53.8 Å². The lowest BCUT2D eigenvalue weighted by Crippen LogP contribution is -2.04. The molecule has 0 aliphatic rings. The summed E-state index contributed by atoms with van der Waals surface area (Å²) in [7, 11) is 0. The summed E-state index contributed by atoms with van der Waals surface area (Å²) >= 11 is 0. The van der Waals surface area contributed by atoms with Crippen LogP contribution in [0.25, 0.3) is 0 Å². The molecule has 0 bridgehead atoms. The minimum Gasteiger partial charge on any atom is -0.397 e. The van der Waals surface area contributed by atoms with Crippen molar-refractivity contribution in [1.29, 1.82) is 0 Å². The molecular formula is C13H10F4N2. The second-order valence-corrected chi connectivity index (χ2v) is 3.93. The summed E-state index contributed by atoms with van der Waals surface area (Å²) in [5, 5.41) is 2.82. The molecule has 0 saturated heterocycles. The summed E-state index contributed by atoms with van der Waals surface area (Å²) in [6.07, 6.45) is -4.37. The van der Waals surface area contributed by atoms with Gasteiger partial charge in [-0.05, 0) is 42.5 Å². The molecule has 0 radical (unpaired) electrons. The average molecular weight is 270 g/mol. The van der Waals surface area contributed by atoms with Crippen LogP contribution >= 0.6 is 0 Å². The topological polar surface area (TPSA) is 38.0 Å². The highest BCUT2D eigenvalue weighted by atomic mass is 19.4. The number of nitrogens with one attached hydrogen (secondary N) is 1. The fourth-order valence-electron chi connectivity index (χ4n) is 1.55. The number of benzene rings is 2. The molecule has 0 saturated carbocycles. The summed E-state index contributed by atoms with van der Waals surface area (Å²) in [4.78, 5) is 0. The van der Waals surface area contributed by atoms with Crippen molar-refractivity contribution in [2.24, 2.45) is 0 Å². The van der Waals surface area contributed by atoms with Gasteiger partial charge in [0.2, 0.25) is 0 Å². The van der Waals surface area contributed by atoms with Crippen LogP contribution in [0.2, 0.25) is 0 Å². The Morgan fingerprint density at radius 2 is 1.58 bits per heavy atom. The van der Waals surface area contributed by atoms with Crippen LogP contribution in [-0.2, 0) is 6.18 Å². The first-order chi connectivity index (χ1) is 8.86. The van der Waals surface area contributed by atoms with Gasteiger partial charge in [0.05, 0.1) is 16.9 Å². The highest BCUT2D eigenvalue weighted by molar-refractivity contribution is 5.72. The molecule has 0 amide bonds. The molecule has 2 nitrogen and oxygen atoms in total. The maximum atomic E-state index is 12.8. The molecule has 100 valence electrons. The lowest BCUT2D eigenvalue weighted by Gasteiger charge is -2.11. The Morgan fingerprint density at radius 1 is 0.947 bits per heavy atom. The zero-order chi connectivity index (χ0) is 14.0. The summed E-state index contributed by atoms with van der Waals surface area (Å²) < 4.78 is 50.0. The predicted octanol–water partition coefficient (Wildman–Crippen LogP) is 4.17. The number of nitrogen functional groups attached to an aromatic ring is 1. The van der Waals surface area contributed by atoms with E-state index in [0.717, 1.165) is 18.2 Å².